The highest BCUT2D eigenvalue weighted by Crippen LogP contribution is 2.53. The van der Waals surface area contributed by atoms with E-state index in [1.807, 2.05) is 53.4 Å². The van der Waals surface area contributed by atoms with Crippen LogP contribution in [0.15, 0.2) is 60.7 Å². The molecule has 3 aromatic rings. The minimum atomic E-state index is -0.168. The summed E-state index contributed by atoms with van der Waals surface area (Å²) in [6.45, 7) is 2.12. The highest BCUT2D eigenvalue weighted by molar-refractivity contribution is 6.26. The first kappa shape index (κ1) is 26.2. The van der Waals surface area contributed by atoms with Gasteiger partial charge in [0.15, 0.2) is 0 Å². The molecule has 2 fully saturated rings. The van der Waals surface area contributed by atoms with Gasteiger partial charge in [0.25, 0.3) is 11.8 Å². The van der Waals surface area contributed by atoms with Crippen molar-refractivity contribution in [1.82, 2.24) is 10.2 Å². The quantitative estimate of drug-likeness (QED) is 0.370. The fourth-order valence-corrected chi connectivity index (χ4v) is 5.84. The van der Waals surface area contributed by atoms with E-state index >= 15 is 0 Å². The average Bonchev–Trinajstić information content (AvgIpc) is 3.89. The average molecular weight is 564 g/mol. The Balaban J connectivity index is 0.000000158. The molecule has 0 saturated heterocycles. The van der Waals surface area contributed by atoms with Crippen molar-refractivity contribution in [3.05, 3.63) is 99.6 Å². The van der Waals surface area contributed by atoms with Crippen molar-refractivity contribution in [3.63, 3.8) is 0 Å². The summed E-state index contributed by atoms with van der Waals surface area (Å²) in [5.41, 5.74) is 7.36. The van der Waals surface area contributed by atoms with Gasteiger partial charge in [-0.15, -0.1) is 23.2 Å². The van der Waals surface area contributed by atoms with E-state index in [2.05, 4.69) is 17.4 Å². The molecule has 2 aliphatic carbocycles. The third-order valence-electron chi connectivity index (χ3n) is 8.25. The number of nitrogens with zero attached hydrogens (tertiary/aromatic N) is 1. The molecule has 2 amide bonds. The number of methoxy groups -OCH3 is 1. The molecule has 0 atom stereocenters. The number of carbonyl (C=O) groups excluding carboxylic acids is 2. The van der Waals surface area contributed by atoms with E-state index in [1.54, 1.807) is 7.11 Å². The minimum Gasteiger partial charge on any atom is -0.497 e. The van der Waals surface area contributed by atoms with Gasteiger partial charge < -0.3 is 15.0 Å². The summed E-state index contributed by atoms with van der Waals surface area (Å²) in [4.78, 5) is 25.9. The van der Waals surface area contributed by atoms with Gasteiger partial charge in [0.1, 0.15) is 5.75 Å². The zero-order chi connectivity index (χ0) is 27.2. The van der Waals surface area contributed by atoms with Gasteiger partial charge >= 0.3 is 0 Å². The lowest BCUT2D eigenvalue weighted by molar-refractivity contribution is 0.0726. The molecule has 7 rings (SSSR count). The van der Waals surface area contributed by atoms with Gasteiger partial charge in [-0.3, -0.25) is 9.59 Å². The van der Waals surface area contributed by atoms with Gasteiger partial charge in [-0.2, -0.15) is 0 Å². The van der Waals surface area contributed by atoms with Gasteiger partial charge in [-0.25, -0.2) is 0 Å². The van der Waals surface area contributed by atoms with Gasteiger partial charge in [0.2, 0.25) is 0 Å². The molecule has 2 heterocycles. The first-order valence-corrected chi connectivity index (χ1v) is 14.4. The van der Waals surface area contributed by atoms with Crippen LogP contribution in [0.1, 0.15) is 74.2 Å². The van der Waals surface area contributed by atoms with Crippen LogP contribution in [0.4, 0.5) is 0 Å². The Morgan fingerprint density at radius 2 is 1.41 bits per heavy atom. The summed E-state index contributed by atoms with van der Waals surface area (Å²) in [6.07, 6.45) is 5.98. The fourth-order valence-electron chi connectivity index (χ4n) is 5.42. The predicted molar refractivity (Wildman–Crippen MR) is 154 cm³/mol. The number of amides is 2. The minimum absolute atomic E-state index is 0.0437. The zero-order valence-electron chi connectivity index (χ0n) is 22.1. The van der Waals surface area contributed by atoms with Crippen molar-refractivity contribution in [1.29, 1.82) is 0 Å². The number of alkyl halides is 2. The Bertz CT molecular complexity index is 1430. The van der Waals surface area contributed by atoms with Crippen LogP contribution in [-0.2, 0) is 29.1 Å². The van der Waals surface area contributed by atoms with Crippen molar-refractivity contribution in [2.75, 3.05) is 20.2 Å². The molecule has 39 heavy (non-hydrogen) atoms. The summed E-state index contributed by atoms with van der Waals surface area (Å²) in [5, 5.41) is 2.84. The van der Waals surface area contributed by atoms with E-state index in [1.165, 1.54) is 11.1 Å². The summed E-state index contributed by atoms with van der Waals surface area (Å²) < 4.78 is 5.18. The molecule has 4 aliphatic rings. The first-order chi connectivity index (χ1) is 18.8. The summed E-state index contributed by atoms with van der Waals surface area (Å²) in [5.74, 6) is 0.983. The van der Waals surface area contributed by atoms with E-state index in [4.69, 9.17) is 27.9 Å². The highest BCUT2D eigenvalue weighted by atomic mass is 35.5. The number of ether oxygens (including phenoxy) is 1. The van der Waals surface area contributed by atoms with Crippen LogP contribution < -0.4 is 10.1 Å². The summed E-state index contributed by atoms with van der Waals surface area (Å²) in [7, 11) is 1.65. The van der Waals surface area contributed by atoms with Crippen LogP contribution in [0.2, 0.25) is 0 Å². The molecule has 3 aromatic carbocycles. The Hall–Kier alpha value is -3.02. The van der Waals surface area contributed by atoms with Crippen molar-refractivity contribution in [3.8, 4) is 5.75 Å². The van der Waals surface area contributed by atoms with Crippen LogP contribution in [0.5, 0.6) is 5.75 Å². The maximum Gasteiger partial charge on any atom is 0.254 e. The lowest BCUT2D eigenvalue weighted by atomic mass is 9.94. The molecule has 5 nitrogen and oxygen atoms in total. The third kappa shape index (κ3) is 5.39. The Morgan fingerprint density at radius 3 is 2.00 bits per heavy atom. The number of halogens is 2. The van der Waals surface area contributed by atoms with Crippen molar-refractivity contribution in [2.45, 2.75) is 54.8 Å². The van der Waals surface area contributed by atoms with E-state index in [0.717, 1.165) is 85.2 Å². The molecule has 0 spiro atoms. The van der Waals surface area contributed by atoms with Crippen LogP contribution in [0.3, 0.4) is 0 Å². The topological polar surface area (TPSA) is 58.6 Å². The SMILES string of the molecule is COc1ccc(CN2CCc3cc(C4(Cl)CC4)ccc3C2=O)cc1.O=C1NCCc2cc(C3(Cl)CC3)ccc21. The smallest absolute Gasteiger partial charge is 0.254 e. The number of benzene rings is 3. The molecule has 0 unspecified atom stereocenters. The number of carbonyl (C=O) groups is 2. The monoisotopic (exact) mass is 562 g/mol. The molecular formula is C32H32Cl2N2O3. The zero-order valence-corrected chi connectivity index (χ0v) is 23.6. The number of rotatable bonds is 5. The molecular weight excluding hydrogens is 531 g/mol. The van der Waals surface area contributed by atoms with E-state index < -0.39 is 0 Å². The van der Waals surface area contributed by atoms with Gasteiger partial charge in [-0.05, 0) is 90.6 Å². The molecule has 0 aromatic heterocycles. The number of hydrogen-bond donors (Lipinski definition) is 1. The first-order valence-electron chi connectivity index (χ1n) is 13.6. The Labute approximate surface area is 239 Å². The molecule has 0 bridgehead atoms. The van der Waals surface area contributed by atoms with Gasteiger partial charge in [0, 0.05) is 30.8 Å². The lowest BCUT2D eigenvalue weighted by Crippen LogP contribution is -2.37. The van der Waals surface area contributed by atoms with Gasteiger partial charge in [0.05, 0.1) is 16.9 Å². The highest BCUT2D eigenvalue weighted by Gasteiger charge is 2.43. The lowest BCUT2D eigenvalue weighted by Gasteiger charge is -2.29. The van der Waals surface area contributed by atoms with Gasteiger partial charge in [-0.1, -0.05) is 36.4 Å². The molecule has 2 saturated carbocycles. The molecule has 0 radical (unpaired) electrons. The van der Waals surface area contributed by atoms with Crippen LogP contribution in [0, 0.1) is 0 Å². The molecule has 202 valence electrons. The van der Waals surface area contributed by atoms with E-state index in [0.29, 0.717) is 6.54 Å². The molecule has 2 aliphatic heterocycles. The van der Waals surface area contributed by atoms with Crippen LogP contribution in [0.25, 0.3) is 0 Å². The predicted octanol–water partition coefficient (Wildman–Crippen LogP) is 6.32. The van der Waals surface area contributed by atoms with Crippen LogP contribution >= 0.6 is 23.2 Å². The summed E-state index contributed by atoms with van der Waals surface area (Å²) >= 11 is 12.9. The second kappa shape index (κ2) is 10.2. The van der Waals surface area contributed by atoms with Crippen molar-refractivity contribution >= 4 is 35.0 Å². The van der Waals surface area contributed by atoms with E-state index in [-0.39, 0.29) is 21.6 Å². The maximum atomic E-state index is 12.8. The van der Waals surface area contributed by atoms with Crippen molar-refractivity contribution in [2.24, 2.45) is 0 Å². The Morgan fingerprint density at radius 1 is 0.821 bits per heavy atom. The normalized spacial score (nSPS) is 19.6. The standard InChI is InChI=1S/C20H20ClNO2.C12H12ClNO/c1-24-17-5-2-14(3-6-17)13-22-11-8-15-12-16(20(21)9-10-20)4-7-18(15)19(22)23;13-12(4-5-12)9-1-2-10-8(7-9)3-6-14-11(10)15/h2-7,12H,8-11,13H2,1H3;1-2,7H,3-6H2,(H,14,15). The largest absolute Gasteiger partial charge is 0.497 e. The number of fused-ring (bicyclic) bond motifs is 2. The fraction of sp³-hybridized carbons (Fsp3) is 0.375. The van der Waals surface area contributed by atoms with Crippen molar-refractivity contribution < 1.29 is 14.3 Å². The number of hydrogen-bond acceptors (Lipinski definition) is 3. The van der Waals surface area contributed by atoms with Crippen LogP contribution in [-0.4, -0.2) is 36.9 Å². The van der Waals surface area contributed by atoms with E-state index in [9.17, 15) is 9.59 Å². The second-order valence-electron chi connectivity index (χ2n) is 11.0. The maximum absolute atomic E-state index is 12.8. The molecule has 7 heteroatoms. The second-order valence-corrected chi connectivity index (χ2v) is 12.5. The third-order valence-corrected chi connectivity index (χ3v) is 9.44. The molecule has 1 N–H and O–H groups in total. The summed E-state index contributed by atoms with van der Waals surface area (Å²) in [6, 6.07) is 20.0. The number of nitrogens with one attached hydrogen (secondary N) is 1. The Kier molecular flexibility index (Phi) is 6.84.